The van der Waals surface area contributed by atoms with Crippen LogP contribution >= 0.6 is 0 Å². The smallest absolute Gasteiger partial charge is 0.417 e. The van der Waals surface area contributed by atoms with Crippen LogP contribution in [0.25, 0.3) is 0 Å². The first-order valence-corrected chi connectivity index (χ1v) is 16.1. The van der Waals surface area contributed by atoms with E-state index in [0.717, 1.165) is 9.80 Å². The number of carbonyl (C=O) groups excluding carboxylic acids is 4. The average molecular weight is 687 g/mol. The molecule has 0 bridgehead atoms. The Morgan fingerprint density at radius 3 is 1.18 bits per heavy atom. The lowest BCUT2D eigenvalue weighted by atomic mass is 9.74. The summed E-state index contributed by atoms with van der Waals surface area (Å²) in [6.07, 6.45) is -1.70. The summed E-state index contributed by atoms with van der Waals surface area (Å²) < 4.78 is 48.3. The van der Waals surface area contributed by atoms with Crippen LogP contribution in [0.3, 0.4) is 0 Å². The minimum Gasteiger partial charge on any atom is -0.457 e. The Bertz CT molecular complexity index is 1590. The van der Waals surface area contributed by atoms with E-state index in [9.17, 15) is 28.0 Å². The largest absolute Gasteiger partial charge is 0.457 e. The molecule has 2 amide bonds. The lowest BCUT2D eigenvalue weighted by molar-refractivity contribution is -0.161. The highest BCUT2D eigenvalue weighted by Crippen LogP contribution is 2.36. The number of halogens is 2. The van der Waals surface area contributed by atoms with Gasteiger partial charge in [-0.15, -0.1) is 0 Å². The van der Waals surface area contributed by atoms with Gasteiger partial charge < -0.3 is 28.7 Å². The predicted octanol–water partition coefficient (Wildman–Crippen LogP) is 7.87. The molecule has 2 unspecified atom stereocenters. The number of alkyl halides is 2. The quantitative estimate of drug-likeness (QED) is 0.0974. The van der Waals surface area contributed by atoms with Gasteiger partial charge in [0.2, 0.25) is 0 Å². The topological polar surface area (TPSA) is 112 Å². The number of para-hydroxylation sites is 2. The van der Waals surface area contributed by atoms with Crippen LogP contribution in [0.2, 0.25) is 0 Å². The molecular weight excluding hydrogens is 650 g/mol. The Kier molecular flexibility index (Phi) is 12.5. The molecule has 0 aliphatic heterocycles. The van der Waals surface area contributed by atoms with Gasteiger partial charge in [-0.25, -0.2) is 18.4 Å². The maximum atomic E-state index is 13.4. The van der Waals surface area contributed by atoms with Crippen molar-refractivity contribution >= 4 is 24.1 Å². The number of esters is 2. The number of amides is 2. The van der Waals surface area contributed by atoms with Gasteiger partial charge in [-0.05, 0) is 72.5 Å². The fourth-order valence-corrected chi connectivity index (χ4v) is 5.21. The Hall–Kier alpha value is -5.78. The molecule has 4 aromatic carbocycles. The van der Waals surface area contributed by atoms with Gasteiger partial charge in [-0.1, -0.05) is 60.7 Å². The number of hydrogen-bond donors (Lipinski definition) is 0. The number of carbonyl (C=O) groups is 4. The van der Waals surface area contributed by atoms with E-state index in [-0.39, 0.29) is 39.0 Å². The minimum absolute atomic E-state index is 0.0422. The summed E-state index contributed by atoms with van der Waals surface area (Å²) in [5.41, 5.74) is 1.28. The number of benzene rings is 4. The van der Waals surface area contributed by atoms with Gasteiger partial charge in [0.25, 0.3) is 0 Å². The van der Waals surface area contributed by atoms with E-state index in [1.807, 2.05) is 36.4 Å². The molecule has 0 aromatic heterocycles. The predicted molar refractivity (Wildman–Crippen MR) is 178 cm³/mol. The summed E-state index contributed by atoms with van der Waals surface area (Å²) in [6, 6.07) is 31.9. The summed E-state index contributed by atoms with van der Waals surface area (Å²) >= 11 is 0. The van der Waals surface area contributed by atoms with Gasteiger partial charge in [0.05, 0.1) is 24.9 Å². The zero-order chi connectivity index (χ0) is 35.3. The second-order valence-corrected chi connectivity index (χ2v) is 11.5. The molecule has 1 fully saturated rings. The standard InChI is InChI=1S/C38H36F2N2O8/c39-21-23-41(25-27-11-15-31(16-12-27)47-29-7-3-1-4-8-29)37(45)49-35(43)33-19-20-34(33)36(44)50-38(46)42(24-22-40)26-28-13-17-32(18-14-28)48-30-9-5-2-6-10-30/h1-18,33-34H,19-26H2. The molecule has 0 saturated heterocycles. The minimum atomic E-state index is -1.07. The van der Waals surface area contributed by atoms with Crippen molar-refractivity contribution in [3.05, 3.63) is 120 Å². The summed E-state index contributed by atoms with van der Waals surface area (Å²) in [5.74, 6) is -1.61. The molecule has 5 rings (SSSR count). The third-order valence-corrected chi connectivity index (χ3v) is 8.03. The monoisotopic (exact) mass is 686 g/mol. The van der Waals surface area contributed by atoms with Gasteiger partial charge in [0.1, 0.15) is 36.3 Å². The number of rotatable bonds is 14. The molecule has 0 heterocycles. The molecule has 0 N–H and O–H groups in total. The maximum absolute atomic E-state index is 13.4. The molecule has 1 aliphatic carbocycles. The average Bonchev–Trinajstić information content (AvgIpc) is 3.10. The molecule has 1 aliphatic rings. The third-order valence-electron chi connectivity index (χ3n) is 8.03. The van der Waals surface area contributed by atoms with Gasteiger partial charge >= 0.3 is 24.1 Å². The molecule has 50 heavy (non-hydrogen) atoms. The highest BCUT2D eigenvalue weighted by Gasteiger charge is 2.45. The van der Waals surface area contributed by atoms with E-state index in [4.69, 9.17) is 18.9 Å². The van der Waals surface area contributed by atoms with Crippen LogP contribution in [-0.2, 0) is 32.2 Å². The summed E-state index contributed by atoms with van der Waals surface area (Å²) in [4.78, 5) is 53.6. The molecule has 10 nitrogen and oxygen atoms in total. The van der Waals surface area contributed by atoms with Crippen molar-refractivity contribution in [2.45, 2.75) is 25.9 Å². The normalized spacial score (nSPS) is 14.8. The van der Waals surface area contributed by atoms with Crippen molar-refractivity contribution in [3.8, 4) is 23.0 Å². The van der Waals surface area contributed by atoms with E-state index in [0.29, 0.717) is 34.1 Å². The molecule has 12 heteroatoms. The molecule has 0 spiro atoms. The lowest BCUT2D eigenvalue weighted by Crippen LogP contribution is -2.44. The zero-order valence-corrected chi connectivity index (χ0v) is 27.1. The van der Waals surface area contributed by atoms with Crippen LogP contribution in [0, 0.1) is 11.8 Å². The van der Waals surface area contributed by atoms with Crippen LogP contribution in [0.4, 0.5) is 18.4 Å². The summed E-state index contributed by atoms with van der Waals surface area (Å²) in [6.45, 7) is -2.49. The van der Waals surface area contributed by atoms with Crippen LogP contribution in [-0.4, -0.2) is 60.4 Å². The Morgan fingerprint density at radius 2 is 0.860 bits per heavy atom. The molecule has 0 radical (unpaired) electrons. The molecule has 2 atom stereocenters. The Labute approximate surface area is 288 Å². The Morgan fingerprint density at radius 1 is 0.520 bits per heavy atom. The molecule has 4 aromatic rings. The molecular formula is C38H36F2N2O8. The van der Waals surface area contributed by atoms with E-state index < -0.39 is 49.3 Å². The number of nitrogens with zero attached hydrogens (tertiary/aromatic N) is 2. The van der Waals surface area contributed by atoms with Crippen molar-refractivity contribution in [2.75, 3.05) is 26.4 Å². The fourth-order valence-electron chi connectivity index (χ4n) is 5.21. The summed E-state index contributed by atoms with van der Waals surface area (Å²) in [5, 5.41) is 0. The van der Waals surface area contributed by atoms with E-state index in [1.165, 1.54) is 0 Å². The van der Waals surface area contributed by atoms with Crippen molar-refractivity contribution in [3.63, 3.8) is 0 Å². The number of hydrogen-bond acceptors (Lipinski definition) is 8. The SMILES string of the molecule is O=C(OC(=O)N(CCF)Cc1ccc(Oc2ccccc2)cc1)C1CCC1C(=O)OC(=O)N(CCF)Cc1ccc(Oc2ccccc2)cc1. The van der Waals surface area contributed by atoms with Gasteiger partial charge in [-0.3, -0.25) is 9.59 Å². The fraction of sp³-hybridized carbons (Fsp3) is 0.263. The Balaban J connectivity index is 1.11. The molecule has 260 valence electrons. The van der Waals surface area contributed by atoms with Crippen LogP contribution < -0.4 is 9.47 Å². The van der Waals surface area contributed by atoms with E-state index >= 15 is 0 Å². The van der Waals surface area contributed by atoms with Crippen molar-refractivity contribution in [1.82, 2.24) is 9.80 Å². The van der Waals surface area contributed by atoms with Crippen LogP contribution in [0.15, 0.2) is 109 Å². The van der Waals surface area contributed by atoms with E-state index in [2.05, 4.69) is 0 Å². The third kappa shape index (κ3) is 9.88. The van der Waals surface area contributed by atoms with E-state index in [1.54, 1.807) is 72.8 Å². The first kappa shape index (κ1) is 35.5. The van der Waals surface area contributed by atoms with Crippen LogP contribution in [0.5, 0.6) is 23.0 Å². The molecule has 1 saturated carbocycles. The highest BCUT2D eigenvalue weighted by atomic mass is 19.1. The highest BCUT2D eigenvalue weighted by molar-refractivity contribution is 5.93. The first-order valence-electron chi connectivity index (χ1n) is 16.1. The first-order chi connectivity index (χ1) is 24.3. The summed E-state index contributed by atoms with van der Waals surface area (Å²) in [7, 11) is 0. The van der Waals surface area contributed by atoms with Crippen molar-refractivity contribution < 1.29 is 46.9 Å². The van der Waals surface area contributed by atoms with Crippen LogP contribution in [0.1, 0.15) is 24.0 Å². The van der Waals surface area contributed by atoms with Gasteiger partial charge in [0.15, 0.2) is 0 Å². The second-order valence-electron chi connectivity index (χ2n) is 11.5. The van der Waals surface area contributed by atoms with Gasteiger partial charge in [0, 0.05) is 13.1 Å². The number of ether oxygens (including phenoxy) is 4. The van der Waals surface area contributed by atoms with Crippen molar-refractivity contribution in [2.24, 2.45) is 11.8 Å². The van der Waals surface area contributed by atoms with Crippen molar-refractivity contribution in [1.29, 1.82) is 0 Å². The van der Waals surface area contributed by atoms with Gasteiger partial charge in [-0.2, -0.15) is 0 Å². The lowest BCUT2D eigenvalue weighted by Gasteiger charge is -2.33. The zero-order valence-electron chi connectivity index (χ0n) is 27.1. The maximum Gasteiger partial charge on any atom is 0.417 e. The second kappa shape index (κ2) is 17.6.